The average Bonchev–Trinajstić information content (AvgIpc) is 2.83. The van der Waals surface area contributed by atoms with Crippen LogP contribution in [0.5, 0.6) is 5.75 Å². The number of nitrogens with one attached hydrogen (secondary N) is 1. The van der Waals surface area contributed by atoms with E-state index in [0.717, 1.165) is 42.9 Å². The lowest BCUT2D eigenvalue weighted by Gasteiger charge is -2.22. The molecule has 31 heavy (non-hydrogen) atoms. The summed E-state index contributed by atoms with van der Waals surface area (Å²) < 4.78 is 10.9. The van der Waals surface area contributed by atoms with Crippen LogP contribution >= 0.6 is 11.6 Å². The maximum Gasteiger partial charge on any atom is 0.257 e. The van der Waals surface area contributed by atoms with Crippen molar-refractivity contribution in [3.8, 4) is 28.4 Å². The minimum Gasteiger partial charge on any atom is -0.484 e. The van der Waals surface area contributed by atoms with Crippen molar-refractivity contribution in [2.24, 2.45) is 5.92 Å². The van der Waals surface area contributed by atoms with Gasteiger partial charge in [0.25, 0.3) is 5.91 Å². The van der Waals surface area contributed by atoms with Crippen molar-refractivity contribution in [1.29, 1.82) is 0 Å². The Kier molecular flexibility index (Phi) is 7.12. The van der Waals surface area contributed by atoms with E-state index < -0.39 is 0 Å². The summed E-state index contributed by atoms with van der Waals surface area (Å²) in [6.07, 6.45) is 3.72. The molecule has 1 aromatic heterocycles. The van der Waals surface area contributed by atoms with E-state index in [1.54, 1.807) is 6.20 Å². The van der Waals surface area contributed by atoms with Gasteiger partial charge in [0.15, 0.2) is 12.4 Å². The third-order valence-corrected chi connectivity index (χ3v) is 5.46. The Labute approximate surface area is 186 Å². The molecule has 6 nitrogen and oxygen atoms in total. The van der Waals surface area contributed by atoms with Gasteiger partial charge in [-0.2, -0.15) is 0 Å². The van der Waals surface area contributed by atoms with Gasteiger partial charge in [0.1, 0.15) is 5.75 Å². The summed E-state index contributed by atoms with van der Waals surface area (Å²) in [6, 6.07) is 16.8. The first-order valence-corrected chi connectivity index (χ1v) is 10.7. The summed E-state index contributed by atoms with van der Waals surface area (Å²) in [5.41, 5.74) is 2.66. The molecule has 160 valence electrons. The van der Waals surface area contributed by atoms with Gasteiger partial charge >= 0.3 is 0 Å². The number of nitrogens with zero attached hydrogens (tertiary/aromatic N) is 2. The van der Waals surface area contributed by atoms with Crippen LogP contribution in [0.25, 0.3) is 22.6 Å². The lowest BCUT2D eigenvalue weighted by atomic mass is 10.0. The lowest BCUT2D eigenvalue weighted by Crippen LogP contribution is -2.35. The zero-order chi connectivity index (χ0) is 21.5. The second kappa shape index (κ2) is 10.4. The fourth-order valence-electron chi connectivity index (χ4n) is 3.39. The number of carbonyl (C=O) groups excluding carboxylic acids is 1. The van der Waals surface area contributed by atoms with Gasteiger partial charge in [0, 0.05) is 42.1 Å². The molecule has 0 aliphatic carbocycles. The Balaban J connectivity index is 1.32. The normalized spacial score (nSPS) is 14.2. The van der Waals surface area contributed by atoms with Crippen LogP contribution in [0.1, 0.15) is 12.8 Å². The molecule has 1 aliphatic heterocycles. The molecule has 0 unspecified atom stereocenters. The molecule has 0 radical (unpaired) electrons. The highest BCUT2D eigenvalue weighted by Crippen LogP contribution is 2.24. The Morgan fingerprint density at radius 3 is 2.48 bits per heavy atom. The highest BCUT2D eigenvalue weighted by atomic mass is 35.5. The van der Waals surface area contributed by atoms with E-state index in [0.29, 0.717) is 29.1 Å². The quantitative estimate of drug-likeness (QED) is 0.593. The minimum absolute atomic E-state index is 0.00881. The molecule has 1 amide bonds. The molecule has 1 fully saturated rings. The number of hydrogen-bond donors (Lipinski definition) is 1. The molecule has 2 heterocycles. The van der Waals surface area contributed by atoms with Crippen LogP contribution in [-0.2, 0) is 9.53 Å². The van der Waals surface area contributed by atoms with Gasteiger partial charge in [-0.15, -0.1) is 0 Å². The summed E-state index contributed by atoms with van der Waals surface area (Å²) >= 11 is 5.97. The molecule has 1 N–H and O–H groups in total. The first-order chi connectivity index (χ1) is 15.2. The molecule has 3 aromatic rings. The SMILES string of the molecule is O=C(COc1ccc(-c2nccc(-c3ccc(Cl)cc3)n2)cc1)NCC1CCOCC1. The number of benzene rings is 2. The highest BCUT2D eigenvalue weighted by Gasteiger charge is 2.14. The van der Waals surface area contributed by atoms with Gasteiger partial charge in [-0.25, -0.2) is 9.97 Å². The number of amides is 1. The smallest absolute Gasteiger partial charge is 0.257 e. The van der Waals surface area contributed by atoms with Gasteiger partial charge in [0.05, 0.1) is 5.69 Å². The topological polar surface area (TPSA) is 73.3 Å². The number of rotatable bonds is 7. The standard InChI is InChI=1S/C24H24ClN3O3/c25-20-5-1-18(2-6-20)22-9-12-26-24(28-22)19-3-7-21(8-4-19)31-16-23(29)27-15-17-10-13-30-14-11-17/h1-9,12,17H,10-11,13-16H2,(H,27,29). The average molecular weight is 438 g/mol. The molecule has 0 atom stereocenters. The van der Waals surface area contributed by atoms with Crippen LogP contribution in [0.2, 0.25) is 5.02 Å². The van der Waals surface area contributed by atoms with Crippen molar-refractivity contribution >= 4 is 17.5 Å². The molecule has 7 heteroatoms. The second-order valence-corrected chi connectivity index (χ2v) is 7.88. The molecule has 0 bridgehead atoms. The maximum absolute atomic E-state index is 12.0. The zero-order valence-corrected chi connectivity index (χ0v) is 17.8. The molecular weight excluding hydrogens is 414 g/mol. The fourth-order valence-corrected chi connectivity index (χ4v) is 3.51. The van der Waals surface area contributed by atoms with Crippen molar-refractivity contribution in [1.82, 2.24) is 15.3 Å². The van der Waals surface area contributed by atoms with Crippen LogP contribution in [0.4, 0.5) is 0 Å². The number of aromatic nitrogens is 2. The molecule has 2 aromatic carbocycles. The van der Waals surface area contributed by atoms with Gasteiger partial charge in [-0.3, -0.25) is 4.79 Å². The summed E-state index contributed by atoms with van der Waals surface area (Å²) in [5.74, 6) is 1.61. The van der Waals surface area contributed by atoms with Crippen LogP contribution in [0, 0.1) is 5.92 Å². The monoisotopic (exact) mass is 437 g/mol. The zero-order valence-electron chi connectivity index (χ0n) is 17.1. The third kappa shape index (κ3) is 6.03. The van der Waals surface area contributed by atoms with Gasteiger partial charge in [-0.1, -0.05) is 23.7 Å². The summed E-state index contributed by atoms with van der Waals surface area (Å²) in [7, 11) is 0. The largest absolute Gasteiger partial charge is 0.484 e. The van der Waals surface area contributed by atoms with Gasteiger partial charge < -0.3 is 14.8 Å². The summed E-state index contributed by atoms with van der Waals surface area (Å²) in [6.45, 7) is 2.21. The molecule has 1 saturated heterocycles. The molecule has 0 spiro atoms. The number of carbonyl (C=O) groups is 1. The lowest BCUT2D eigenvalue weighted by molar-refractivity contribution is -0.123. The first-order valence-electron chi connectivity index (χ1n) is 10.3. The van der Waals surface area contributed by atoms with E-state index in [4.69, 9.17) is 21.1 Å². The van der Waals surface area contributed by atoms with Crippen molar-refractivity contribution in [2.75, 3.05) is 26.4 Å². The van der Waals surface area contributed by atoms with E-state index in [1.165, 1.54) is 0 Å². The second-order valence-electron chi connectivity index (χ2n) is 7.45. The minimum atomic E-state index is -0.116. The van der Waals surface area contributed by atoms with E-state index in [9.17, 15) is 4.79 Å². The molecule has 0 saturated carbocycles. The van der Waals surface area contributed by atoms with Gasteiger partial charge in [-0.05, 0) is 61.2 Å². The number of hydrogen-bond acceptors (Lipinski definition) is 5. The molecule has 4 rings (SSSR count). The van der Waals surface area contributed by atoms with E-state index in [-0.39, 0.29) is 12.5 Å². The summed E-state index contributed by atoms with van der Waals surface area (Å²) in [4.78, 5) is 21.1. The summed E-state index contributed by atoms with van der Waals surface area (Å²) in [5, 5.41) is 3.62. The van der Waals surface area contributed by atoms with Gasteiger partial charge in [0.2, 0.25) is 0 Å². The van der Waals surface area contributed by atoms with E-state index >= 15 is 0 Å². The van der Waals surface area contributed by atoms with Crippen LogP contribution in [-0.4, -0.2) is 42.2 Å². The van der Waals surface area contributed by atoms with Crippen LogP contribution < -0.4 is 10.1 Å². The number of ether oxygens (including phenoxy) is 2. The Morgan fingerprint density at radius 2 is 1.74 bits per heavy atom. The Bertz CT molecular complexity index is 1000. The molecular formula is C24H24ClN3O3. The Hall–Kier alpha value is -2.96. The van der Waals surface area contributed by atoms with Crippen molar-refractivity contribution in [3.05, 3.63) is 65.8 Å². The van der Waals surface area contributed by atoms with E-state index in [1.807, 2.05) is 54.6 Å². The first kappa shape index (κ1) is 21.3. The van der Waals surface area contributed by atoms with Crippen molar-refractivity contribution in [2.45, 2.75) is 12.8 Å². The third-order valence-electron chi connectivity index (χ3n) is 5.21. The van der Waals surface area contributed by atoms with E-state index in [2.05, 4.69) is 15.3 Å². The molecule has 1 aliphatic rings. The maximum atomic E-state index is 12.0. The van der Waals surface area contributed by atoms with Crippen molar-refractivity contribution < 1.29 is 14.3 Å². The number of halogens is 1. The predicted molar refractivity (Wildman–Crippen MR) is 120 cm³/mol. The van der Waals surface area contributed by atoms with Crippen molar-refractivity contribution in [3.63, 3.8) is 0 Å². The fraction of sp³-hybridized carbons (Fsp3) is 0.292. The Morgan fingerprint density at radius 1 is 1.03 bits per heavy atom. The predicted octanol–water partition coefficient (Wildman–Crippen LogP) is 4.39. The highest BCUT2D eigenvalue weighted by molar-refractivity contribution is 6.30. The van der Waals surface area contributed by atoms with Crippen LogP contribution in [0.15, 0.2) is 60.8 Å². The van der Waals surface area contributed by atoms with Crippen LogP contribution in [0.3, 0.4) is 0 Å².